The van der Waals surface area contributed by atoms with E-state index in [4.69, 9.17) is 9.47 Å². The van der Waals surface area contributed by atoms with Crippen molar-refractivity contribution in [1.82, 2.24) is 5.32 Å². The van der Waals surface area contributed by atoms with Gasteiger partial charge in [0.15, 0.2) is 0 Å². The highest BCUT2D eigenvalue weighted by Crippen LogP contribution is 2.30. The molecule has 3 atom stereocenters. The molecule has 2 aliphatic rings. The number of carbonyl (C=O) groups is 2. The predicted octanol–water partition coefficient (Wildman–Crippen LogP) is 1.38. The third kappa shape index (κ3) is 2.60. The quantitative estimate of drug-likeness (QED) is 0.554. The number of nitrogens with one attached hydrogen (secondary N) is 1. The number of fused-ring (bicyclic) bond motifs is 2. The molecule has 5 nitrogen and oxygen atoms in total. The summed E-state index contributed by atoms with van der Waals surface area (Å²) in [5, 5.41) is 2.71. The van der Waals surface area contributed by atoms with Gasteiger partial charge in [0.2, 0.25) is 0 Å². The zero-order valence-electron chi connectivity index (χ0n) is 10.2. The van der Waals surface area contributed by atoms with Crippen LogP contribution in [-0.2, 0) is 14.3 Å². The number of esters is 1. The fourth-order valence-corrected chi connectivity index (χ4v) is 2.06. The van der Waals surface area contributed by atoms with Crippen molar-refractivity contribution in [2.75, 3.05) is 0 Å². The minimum Gasteiger partial charge on any atom is -0.456 e. The lowest BCUT2D eigenvalue weighted by atomic mass is 9.90. The van der Waals surface area contributed by atoms with Gasteiger partial charge in [-0.25, -0.2) is 4.79 Å². The Morgan fingerprint density at radius 1 is 1.53 bits per heavy atom. The van der Waals surface area contributed by atoms with Crippen LogP contribution >= 0.6 is 0 Å². The van der Waals surface area contributed by atoms with Crippen molar-refractivity contribution in [1.29, 1.82) is 0 Å². The van der Waals surface area contributed by atoms with Crippen LogP contribution in [0.5, 0.6) is 0 Å². The molecule has 5 heteroatoms. The first-order valence-electron chi connectivity index (χ1n) is 5.73. The van der Waals surface area contributed by atoms with Gasteiger partial charge in [-0.2, -0.15) is 0 Å². The van der Waals surface area contributed by atoms with E-state index >= 15 is 0 Å². The van der Waals surface area contributed by atoms with Gasteiger partial charge in [-0.1, -0.05) is 6.08 Å². The van der Waals surface area contributed by atoms with Gasteiger partial charge in [-0.05, 0) is 33.3 Å². The first-order chi connectivity index (χ1) is 7.87. The third-order valence-corrected chi connectivity index (χ3v) is 2.74. The molecule has 0 aromatic heterocycles. The van der Waals surface area contributed by atoms with E-state index in [1.807, 2.05) is 12.2 Å². The van der Waals surface area contributed by atoms with Gasteiger partial charge < -0.3 is 14.8 Å². The van der Waals surface area contributed by atoms with Crippen LogP contribution in [0.1, 0.15) is 27.2 Å². The molecular formula is C12H17NO4. The van der Waals surface area contributed by atoms with Gasteiger partial charge in [0.05, 0.1) is 12.0 Å². The van der Waals surface area contributed by atoms with E-state index in [0.717, 1.165) is 0 Å². The third-order valence-electron chi connectivity index (χ3n) is 2.74. The largest absolute Gasteiger partial charge is 0.456 e. The highest BCUT2D eigenvalue weighted by atomic mass is 16.6. The smallest absolute Gasteiger partial charge is 0.408 e. The molecule has 1 heterocycles. The fourth-order valence-electron chi connectivity index (χ4n) is 2.06. The SMILES string of the molecule is CC(C)(C)OC(=O)NC1C2C=CCC1C(=O)O2. The molecule has 0 radical (unpaired) electrons. The summed E-state index contributed by atoms with van der Waals surface area (Å²) >= 11 is 0. The van der Waals surface area contributed by atoms with Crippen LogP contribution in [0.3, 0.4) is 0 Å². The summed E-state index contributed by atoms with van der Waals surface area (Å²) in [7, 11) is 0. The Balaban J connectivity index is 1.98. The summed E-state index contributed by atoms with van der Waals surface area (Å²) in [5.41, 5.74) is -0.543. The summed E-state index contributed by atoms with van der Waals surface area (Å²) in [6.07, 6.45) is 3.46. The Bertz CT molecular complexity index is 369. The van der Waals surface area contributed by atoms with Gasteiger partial charge in [-0.15, -0.1) is 0 Å². The molecule has 1 fully saturated rings. The van der Waals surface area contributed by atoms with Crippen molar-refractivity contribution in [3.05, 3.63) is 12.2 Å². The minimum absolute atomic E-state index is 0.249. The molecule has 0 aromatic rings. The first kappa shape index (κ1) is 12.0. The van der Waals surface area contributed by atoms with Crippen LogP contribution in [0.2, 0.25) is 0 Å². The number of hydrogen-bond acceptors (Lipinski definition) is 4. The normalized spacial score (nSPS) is 31.0. The number of carbonyl (C=O) groups excluding carboxylic acids is 2. The lowest BCUT2D eigenvalue weighted by Crippen LogP contribution is -2.47. The Morgan fingerprint density at radius 3 is 2.82 bits per heavy atom. The molecule has 0 spiro atoms. The topological polar surface area (TPSA) is 64.6 Å². The molecule has 1 N–H and O–H groups in total. The zero-order valence-corrected chi connectivity index (χ0v) is 10.2. The molecule has 0 saturated carbocycles. The van der Waals surface area contributed by atoms with E-state index < -0.39 is 11.7 Å². The summed E-state index contributed by atoms with van der Waals surface area (Å²) < 4.78 is 10.3. The van der Waals surface area contributed by atoms with E-state index in [0.29, 0.717) is 6.42 Å². The molecule has 0 aromatic carbocycles. The van der Waals surface area contributed by atoms with E-state index in [1.54, 1.807) is 20.8 Å². The number of allylic oxidation sites excluding steroid dienone is 1. The molecular weight excluding hydrogens is 222 g/mol. The maximum Gasteiger partial charge on any atom is 0.408 e. The molecule has 17 heavy (non-hydrogen) atoms. The predicted molar refractivity (Wildman–Crippen MR) is 60.3 cm³/mol. The van der Waals surface area contributed by atoms with Crippen molar-refractivity contribution in [2.24, 2.45) is 5.92 Å². The van der Waals surface area contributed by atoms with Crippen molar-refractivity contribution in [3.8, 4) is 0 Å². The first-order valence-corrected chi connectivity index (χ1v) is 5.73. The van der Waals surface area contributed by atoms with Gasteiger partial charge in [0.25, 0.3) is 0 Å². The second-order valence-corrected chi connectivity index (χ2v) is 5.34. The van der Waals surface area contributed by atoms with E-state index in [9.17, 15) is 9.59 Å². The van der Waals surface area contributed by atoms with Crippen LogP contribution in [0.25, 0.3) is 0 Å². The highest BCUT2D eigenvalue weighted by Gasteiger charge is 2.46. The lowest BCUT2D eigenvalue weighted by Gasteiger charge is -2.25. The molecule has 1 aliphatic heterocycles. The molecule has 1 amide bonds. The molecule has 1 saturated heterocycles. The number of rotatable bonds is 1. The maximum atomic E-state index is 11.6. The van der Waals surface area contributed by atoms with Gasteiger partial charge >= 0.3 is 12.1 Å². The van der Waals surface area contributed by atoms with Crippen LogP contribution < -0.4 is 5.32 Å². The van der Waals surface area contributed by atoms with E-state index in [1.165, 1.54) is 0 Å². The molecule has 1 aliphatic carbocycles. The van der Waals surface area contributed by atoms with Crippen LogP contribution in [0, 0.1) is 5.92 Å². The Hall–Kier alpha value is -1.52. The Labute approximate surface area is 100 Å². The number of alkyl carbamates (subject to hydrolysis) is 1. The van der Waals surface area contributed by atoms with E-state index in [-0.39, 0.29) is 24.0 Å². The second kappa shape index (κ2) is 4.05. The monoisotopic (exact) mass is 239 g/mol. The maximum absolute atomic E-state index is 11.6. The van der Waals surface area contributed by atoms with Crippen molar-refractivity contribution < 1.29 is 19.1 Å². The summed E-state index contributed by atoms with van der Waals surface area (Å²) in [5.74, 6) is -0.529. The average Bonchev–Trinajstić information content (AvgIpc) is 2.36. The van der Waals surface area contributed by atoms with Crippen LogP contribution in [-0.4, -0.2) is 29.8 Å². The Kier molecular flexibility index (Phi) is 2.85. The molecule has 3 unspecified atom stereocenters. The number of ether oxygens (including phenoxy) is 2. The fraction of sp³-hybridized carbons (Fsp3) is 0.667. The molecule has 2 bridgehead atoms. The average molecular weight is 239 g/mol. The van der Waals surface area contributed by atoms with Crippen molar-refractivity contribution in [3.63, 3.8) is 0 Å². The van der Waals surface area contributed by atoms with Gasteiger partial charge in [0, 0.05) is 0 Å². The summed E-state index contributed by atoms with van der Waals surface area (Å²) in [6, 6.07) is -0.303. The second-order valence-electron chi connectivity index (χ2n) is 5.34. The zero-order chi connectivity index (χ0) is 12.6. The van der Waals surface area contributed by atoms with Crippen LogP contribution in [0.4, 0.5) is 4.79 Å². The minimum atomic E-state index is -0.543. The molecule has 2 rings (SSSR count). The number of hydrogen-bond donors (Lipinski definition) is 1. The number of amides is 1. The lowest BCUT2D eigenvalue weighted by molar-refractivity contribution is -0.142. The van der Waals surface area contributed by atoms with Crippen LogP contribution in [0.15, 0.2) is 12.2 Å². The van der Waals surface area contributed by atoms with Gasteiger partial charge in [-0.3, -0.25) is 4.79 Å². The van der Waals surface area contributed by atoms with E-state index in [2.05, 4.69) is 5.32 Å². The summed E-state index contributed by atoms with van der Waals surface area (Å²) in [4.78, 5) is 23.1. The van der Waals surface area contributed by atoms with Crippen molar-refractivity contribution in [2.45, 2.75) is 44.9 Å². The van der Waals surface area contributed by atoms with Crippen molar-refractivity contribution >= 4 is 12.1 Å². The van der Waals surface area contributed by atoms with Gasteiger partial charge in [0.1, 0.15) is 11.7 Å². The summed E-state index contributed by atoms with van der Waals surface area (Å²) in [6.45, 7) is 5.39. The Morgan fingerprint density at radius 2 is 2.24 bits per heavy atom. The highest BCUT2D eigenvalue weighted by molar-refractivity contribution is 5.79. The standard InChI is InChI=1S/C12H17NO4/c1-12(2,3)17-11(15)13-9-7-5-4-6-8(9)16-10(7)14/h4,6-9H,5H2,1-3H3,(H,13,15). The molecule has 94 valence electrons.